The third-order valence-corrected chi connectivity index (χ3v) is 2.27. The molecule has 0 radical (unpaired) electrons. The van der Waals surface area contributed by atoms with E-state index in [1.165, 1.54) is 13.0 Å². The van der Waals surface area contributed by atoms with E-state index in [-0.39, 0.29) is 17.3 Å². The van der Waals surface area contributed by atoms with Crippen LogP contribution in [0, 0.1) is 11.6 Å². The van der Waals surface area contributed by atoms with E-state index in [0.29, 0.717) is 6.07 Å². The van der Waals surface area contributed by atoms with E-state index in [4.69, 9.17) is 0 Å². The zero-order chi connectivity index (χ0) is 15.3. The Morgan fingerprint density at radius 1 is 1.20 bits per heavy atom. The molecule has 1 aromatic rings. The smallest absolute Gasteiger partial charge is 0.329 e. The highest BCUT2D eigenvalue weighted by atomic mass is 19.1. The van der Waals surface area contributed by atoms with Crippen molar-refractivity contribution in [3.8, 4) is 0 Å². The SMILES string of the molecule is C/C(=N/NC(=O)C(=O)NC(C)C)c1ccc(F)cc1F. The average Bonchev–Trinajstić information content (AvgIpc) is 2.34. The van der Waals surface area contributed by atoms with E-state index in [0.717, 1.165) is 6.07 Å². The van der Waals surface area contributed by atoms with Gasteiger partial charge in [-0.15, -0.1) is 0 Å². The van der Waals surface area contributed by atoms with Crippen molar-refractivity contribution in [3.05, 3.63) is 35.4 Å². The summed E-state index contributed by atoms with van der Waals surface area (Å²) < 4.78 is 26.2. The van der Waals surface area contributed by atoms with Crippen LogP contribution >= 0.6 is 0 Å². The molecule has 0 spiro atoms. The second-order valence-electron chi connectivity index (χ2n) is 4.39. The molecule has 2 amide bonds. The molecule has 0 atom stereocenters. The zero-order valence-corrected chi connectivity index (χ0v) is 11.3. The number of carbonyl (C=O) groups excluding carboxylic acids is 2. The molecule has 1 aromatic carbocycles. The number of rotatable bonds is 3. The van der Waals surface area contributed by atoms with E-state index in [1.807, 2.05) is 5.43 Å². The van der Waals surface area contributed by atoms with E-state index >= 15 is 0 Å². The second-order valence-corrected chi connectivity index (χ2v) is 4.39. The van der Waals surface area contributed by atoms with Crippen LogP contribution in [0.4, 0.5) is 8.78 Å². The monoisotopic (exact) mass is 283 g/mol. The van der Waals surface area contributed by atoms with Gasteiger partial charge in [0.25, 0.3) is 0 Å². The average molecular weight is 283 g/mol. The minimum absolute atomic E-state index is 0.0379. The number of nitrogens with one attached hydrogen (secondary N) is 2. The third-order valence-electron chi connectivity index (χ3n) is 2.27. The summed E-state index contributed by atoms with van der Waals surface area (Å²) in [5, 5.41) is 5.99. The predicted molar refractivity (Wildman–Crippen MR) is 70.0 cm³/mol. The topological polar surface area (TPSA) is 70.6 Å². The van der Waals surface area contributed by atoms with Crippen LogP contribution in [0.5, 0.6) is 0 Å². The van der Waals surface area contributed by atoms with Gasteiger partial charge in [0, 0.05) is 17.7 Å². The van der Waals surface area contributed by atoms with Gasteiger partial charge in [0.15, 0.2) is 0 Å². The number of hydrazone groups is 1. The molecule has 2 N–H and O–H groups in total. The van der Waals surface area contributed by atoms with Crippen LogP contribution in [0.25, 0.3) is 0 Å². The van der Waals surface area contributed by atoms with Crippen molar-refractivity contribution in [1.82, 2.24) is 10.7 Å². The van der Waals surface area contributed by atoms with Crippen LogP contribution < -0.4 is 10.7 Å². The normalized spacial score (nSPS) is 11.4. The summed E-state index contributed by atoms with van der Waals surface area (Å²) in [6.07, 6.45) is 0. The molecule has 0 aliphatic rings. The van der Waals surface area contributed by atoms with Crippen molar-refractivity contribution in [2.75, 3.05) is 0 Å². The lowest BCUT2D eigenvalue weighted by molar-refractivity contribution is -0.139. The summed E-state index contributed by atoms with van der Waals surface area (Å²) in [6.45, 7) is 4.83. The first kappa shape index (κ1) is 15.7. The molecule has 0 fully saturated rings. The molecule has 5 nitrogen and oxygen atoms in total. The fourth-order valence-corrected chi connectivity index (χ4v) is 1.36. The van der Waals surface area contributed by atoms with Crippen LogP contribution in [-0.2, 0) is 9.59 Å². The fourth-order valence-electron chi connectivity index (χ4n) is 1.36. The number of halogens is 2. The van der Waals surface area contributed by atoms with Gasteiger partial charge in [-0.3, -0.25) is 9.59 Å². The molecule has 0 unspecified atom stereocenters. The Bertz CT molecular complexity index is 557. The molecule has 7 heteroatoms. The highest BCUT2D eigenvalue weighted by molar-refractivity contribution is 6.35. The van der Waals surface area contributed by atoms with Crippen molar-refractivity contribution in [1.29, 1.82) is 0 Å². The molecule has 1 rings (SSSR count). The summed E-state index contributed by atoms with van der Waals surface area (Å²) in [4.78, 5) is 22.7. The molecule has 20 heavy (non-hydrogen) atoms. The highest BCUT2D eigenvalue weighted by Gasteiger charge is 2.14. The van der Waals surface area contributed by atoms with Crippen molar-refractivity contribution in [3.63, 3.8) is 0 Å². The Kier molecular flexibility index (Phi) is 5.31. The molecule has 0 aliphatic carbocycles. The molecule has 0 saturated carbocycles. The van der Waals surface area contributed by atoms with Gasteiger partial charge in [-0.1, -0.05) is 0 Å². The standard InChI is InChI=1S/C13H15F2N3O2/c1-7(2)16-12(19)13(20)18-17-8(3)10-5-4-9(14)6-11(10)15/h4-7H,1-3H3,(H,16,19)(H,18,20)/b17-8-. The highest BCUT2D eigenvalue weighted by Crippen LogP contribution is 2.10. The molecular formula is C13H15F2N3O2. The van der Waals surface area contributed by atoms with Crippen molar-refractivity contribution in [2.24, 2.45) is 5.10 Å². The van der Waals surface area contributed by atoms with Gasteiger partial charge >= 0.3 is 11.8 Å². The summed E-state index contributed by atoms with van der Waals surface area (Å²) in [5.41, 5.74) is 2.16. The van der Waals surface area contributed by atoms with Crippen LogP contribution in [0.15, 0.2) is 23.3 Å². The number of hydrogen-bond donors (Lipinski definition) is 2. The largest absolute Gasteiger partial charge is 0.346 e. The van der Waals surface area contributed by atoms with Crippen LogP contribution in [0.3, 0.4) is 0 Å². The maximum absolute atomic E-state index is 13.4. The number of hydrogen-bond acceptors (Lipinski definition) is 3. The number of carbonyl (C=O) groups is 2. The van der Waals surface area contributed by atoms with Gasteiger partial charge in [-0.05, 0) is 32.9 Å². The molecule has 0 bridgehead atoms. The first-order valence-corrected chi connectivity index (χ1v) is 5.91. The number of amides is 2. The maximum atomic E-state index is 13.4. The van der Waals surface area contributed by atoms with Gasteiger partial charge in [-0.2, -0.15) is 5.10 Å². The molecule has 108 valence electrons. The fraction of sp³-hybridized carbons (Fsp3) is 0.308. The lowest BCUT2D eigenvalue weighted by Gasteiger charge is -2.07. The van der Waals surface area contributed by atoms with Gasteiger partial charge in [-0.25, -0.2) is 14.2 Å². The van der Waals surface area contributed by atoms with Gasteiger partial charge in [0.2, 0.25) is 0 Å². The first-order chi connectivity index (χ1) is 9.31. The van der Waals surface area contributed by atoms with E-state index in [1.54, 1.807) is 13.8 Å². The van der Waals surface area contributed by atoms with Crippen LogP contribution in [0.2, 0.25) is 0 Å². The Morgan fingerprint density at radius 3 is 2.40 bits per heavy atom. The zero-order valence-electron chi connectivity index (χ0n) is 11.3. The van der Waals surface area contributed by atoms with Crippen LogP contribution in [0.1, 0.15) is 26.3 Å². The lowest BCUT2D eigenvalue weighted by atomic mass is 10.1. The predicted octanol–water partition coefficient (Wildman–Crippen LogP) is 1.33. The van der Waals surface area contributed by atoms with Gasteiger partial charge in [0.1, 0.15) is 11.6 Å². The summed E-state index contributed by atoms with van der Waals surface area (Å²) >= 11 is 0. The van der Waals surface area contributed by atoms with Gasteiger partial charge < -0.3 is 5.32 Å². The second kappa shape index (κ2) is 6.74. The number of benzene rings is 1. The van der Waals surface area contributed by atoms with E-state index in [9.17, 15) is 18.4 Å². The quantitative estimate of drug-likeness (QED) is 0.499. The third kappa shape index (κ3) is 4.42. The summed E-state index contributed by atoms with van der Waals surface area (Å²) in [5.74, 6) is -3.30. The summed E-state index contributed by atoms with van der Waals surface area (Å²) in [6, 6.07) is 2.80. The van der Waals surface area contributed by atoms with Crippen molar-refractivity contribution >= 4 is 17.5 Å². The molecule has 0 heterocycles. The Morgan fingerprint density at radius 2 is 1.85 bits per heavy atom. The number of nitrogens with zero attached hydrogens (tertiary/aromatic N) is 1. The Hall–Kier alpha value is -2.31. The minimum Gasteiger partial charge on any atom is -0.346 e. The van der Waals surface area contributed by atoms with E-state index in [2.05, 4.69) is 10.4 Å². The Labute approximate surface area is 115 Å². The molecule has 0 saturated heterocycles. The lowest BCUT2D eigenvalue weighted by Crippen LogP contribution is -2.41. The van der Waals surface area contributed by atoms with E-state index < -0.39 is 23.4 Å². The molecule has 0 aliphatic heterocycles. The minimum atomic E-state index is -0.958. The van der Waals surface area contributed by atoms with Crippen LogP contribution in [-0.4, -0.2) is 23.6 Å². The van der Waals surface area contributed by atoms with Crippen molar-refractivity contribution in [2.45, 2.75) is 26.8 Å². The van der Waals surface area contributed by atoms with Crippen molar-refractivity contribution < 1.29 is 18.4 Å². The van der Waals surface area contributed by atoms with Gasteiger partial charge in [0.05, 0.1) is 5.71 Å². The maximum Gasteiger partial charge on any atom is 0.329 e. The molecular weight excluding hydrogens is 268 g/mol. The Balaban J connectivity index is 2.75. The molecule has 0 aromatic heterocycles. The summed E-state index contributed by atoms with van der Waals surface area (Å²) in [7, 11) is 0. The first-order valence-electron chi connectivity index (χ1n) is 5.91.